The molecule has 86 valence electrons. The summed E-state index contributed by atoms with van der Waals surface area (Å²) < 4.78 is 38.2. The first-order valence-corrected chi connectivity index (χ1v) is 4.85. The van der Waals surface area contributed by atoms with E-state index in [0.717, 1.165) is 6.07 Å². The van der Waals surface area contributed by atoms with Gasteiger partial charge in [0.25, 0.3) is 0 Å². The zero-order valence-electron chi connectivity index (χ0n) is 8.69. The van der Waals surface area contributed by atoms with Gasteiger partial charge >= 0.3 is 6.18 Å². The van der Waals surface area contributed by atoms with Crippen LogP contribution in [-0.2, 0) is 11.6 Å². The molecular formula is C11H9ClF3N. The fourth-order valence-corrected chi connectivity index (χ4v) is 1.86. The third kappa shape index (κ3) is 2.30. The third-order valence-corrected chi connectivity index (χ3v) is 2.54. The van der Waals surface area contributed by atoms with Gasteiger partial charge in [0.05, 0.1) is 17.0 Å². The molecule has 0 heterocycles. The van der Waals surface area contributed by atoms with Crippen LogP contribution in [0.25, 0.3) is 0 Å². The Balaban J connectivity index is 3.56. The largest absolute Gasteiger partial charge is 0.416 e. The van der Waals surface area contributed by atoms with Crippen LogP contribution in [0.4, 0.5) is 13.2 Å². The summed E-state index contributed by atoms with van der Waals surface area (Å²) >= 11 is 5.75. The van der Waals surface area contributed by atoms with E-state index in [4.69, 9.17) is 16.9 Å². The molecule has 0 saturated carbocycles. The molecule has 0 amide bonds. The lowest BCUT2D eigenvalue weighted by atomic mass is 9.83. The van der Waals surface area contributed by atoms with Gasteiger partial charge in [-0.3, -0.25) is 0 Å². The van der Waals surface area contributed by atoms with E-state index in [1.165, 1.54) is 26.0 Å². The van der Waals surface area contributed by atoms with Gasteiger partial charge in [-0.25, -0.2) is 0 Å². The number of hydrogen-bond donors (Lipinski definition) is 0. The van der Waals surface area contributed by atoms with Crippen molar-refractivity contribution in [1.82, 2.24) is 0 Å². The van der Waals surface area contributed by atoms with Crippen molar-refractivity contribution >= 4 is 11.6 Å². The molecule has 0 fully saturated rings. The van der Waals surface area contributed by atoms with Crippen molar-refractivity contribution in [1.29, 1.82) is 5.26 Å². The van der Waals surface area contributed by atoms with Gasteiger partial charge in [0.1, 0.15) is 0 Å². The Morgan fingerprint density at radius 2 is 1.81 bits per heavy atom. The second-order valence-electron chi connectivity index (χ2n) is 3.90. The molecule has 0 aromatic heterocycles. The standard InChI is InChI=1S/C11H9ClF3N/c1-10(2,6-16)9-7(11(13,14)15)4-3-5-8(9)12/h3-5H,1-2H3. The summed E-state index contributed by atoms with van der Waals surface area (Å²) in [4.78, 5) is 0. The van der Waals surface area contributed by atoms with E-state index in [-0.39, 0.29) is 10.6 Å². The van der Waals surface area contributed by atoms with E-state index in [2.05, 4.69) is 0 Å². The minimum absolute atomic E-state index is 0.0404. The smallest absolute Gasteiger partial charge is 0.197 e. The highest BCUT2D eigenvalue weighted by atomic mass is 35.5. The maximum Gasteiger partial charge on any atom is 0.416 e. The fraction of sp³-hybridized carbons (Fsp3) is 0.364. The molecule has 1 rings (SSSR count). The molecule has 0 aliphatic heterocycles. The molecule has 0 saturated heterocycles. The van der Waals surface area contributed by atoms with Crippen molar-refractivity contribution < 1.29 is 13.2 Å². The van der Waals surface area contributed by atoms with Crippen LogP contribution < -0.4 is 0 Å². The van der Waals surface area contributed by atoms with Crippen molar-refractivity contribution in [2.24, 2.45) is 0 Å². The minimum Gasteiger partial charge on any atom is -0.197 e. The first-order valence-electron chi connectivity index (χ1n) is 4.47. The normalized spacial score (nSPS) is 12.3. The van der Waals surface area contributed by atoms with Crippen LogP contribution in [-0.4, -0.2) is 0 Å². The predicted octanol–water partition coefficient (Wildman–Crippen LogP) is 4.16. The van der Waals surface area contributed by atoms with E-state index in [0.29, 0.717) is 0 Å². The highest BCUT2D eigenvalue weighted by Gasteiger charge is 2.39. The van der Waals surface area contributed by atoms with Crippen LogP contribution in [0.1, 0.15) is 25.0 Å². The highest BCUT2D eigenvalue weighted by molar-refractivity contribution is 6.31. The first-order chi connectivity index (χ1) is 7.20. The van der Waals surface area contributed by atoms with Gasteiger partial charge in [0.2, 0.25) is 0 Å². The average molecular weight is 248 g/mol. The number of rotatable bonds is 1. The molecule has 0 aliphatic rings. The molecule has 0 bridgehead atoms. The molecule has 16 heavy (non-hydrogen) atoms. The molecule has 1 nitrogen and oxygen atoms in total. The minimum atomic E-state index is -4.51. The van der Waals surface area contributed by atoms with Gasteiger partial charge in [-0.05, 0) is 26.0 Å². The number of halogens is 4. The van der Waals surface area contributed by atoms with Crippen molar-refractivity contribution in [2.75, 3.05) is 0 Å². The Labute approximate surface area is 96.4 Å². The van der Waals surface area contributed by atoms with Crippen LogP contribution in [0.5, 0.6) is 0 Å². The molecule has 1 aromatic carbocycles. The van der Waals surface area contributed by atoms with Gasteiger partial charge < -0.3 is 0 Å². The van der Waals surface area contributed by atoms with Gasteiger partial charge in [-0.2, -0.15) is 18.4 Å². The molecule has 0 N–H and O–H groups in total. The van der Waals surface area contributed by atoms with Gasteiger partial charge in [0.15, 0.2) is 0 Å². The Kier molecular flexibility index (Phi) is 3.20. The van der Waals surface area contributed by atoms with Crippen LogP contribution in [0, 0.1) is 11.3 Å². The summed E-state index contributed by atoms with van der Waals surface area (Å²) in [5.74, 6) is 0. The lowest BCUT2D eigenvalue weighted by Crippen LogP contribution is -2.21. The molecule has 0 atom stereocenters. The van der Waals surface area contributed by atoms with Crippen LogP contribution >= 0.6 is 11.6 Å². The maximum atomic E-state index is 12.7. The molecule has 0 aliphatic carbocycles. The summed E-state index contributed by atoms with van der Waals surface area (Å²) in [5, 5.41) is 8.85. The van der Waals surface area contributed by atoms with Crippen molar-refractivity contribution in [3.63, 3.8) is 0 Å². The summed E-state index contributed by atoms with van der Waals surface area (Å²) in [6.45, 7) is 2.81. The van der Waals surface area contributed by atoms with E-state index in [9.17, 15) is 13.2 Å². The Hall–Kier alpha value is -1.21. The van der Waals surface area contributed by atoms with E-state index < -0.39 is 17.2 Å². The van der Waals surface area contributed by atoms with E-state index >= 15 is 0 Å². The SMILES string of the molecule is CC(C)(C#N)c1c(Cl)cccc1C(F)(F)F. The van der Waals surface area contributed by atoms with Crippen LogP contribution in [0.3, 0.4) is 0 Å². The summed E-state index contributed by atoms with van der Waals surface area (Å²) in [6.07, 6.45) is -4.51. The lowest BCUT2D eigenvalue weighted by Gasteiger charge is -2.22. The number of alkyl halides is 3. The van der Waals surface area contributed by atoms with E-state index in [1.54, 1.807) is 0 Å². The molecule has 5 heteroatoms. The fourth-order valence-electron chi connectivity index (χ4n) is 1.45. The highest BCUT2D eigenvalue weighted by Crippen LogP contribution is 2.40. The molecular weight excluding hydrogens is 239 g/mol. The Morgan fingerprint density at radius 1 is 1.25 bits per heavy atom. The van der Waals surface area contributed by atoms with Crippen molar-refractivity contribution in [3.8, 4) is 6.07 Å². The monoisotopic (exact) mass is 247 g/mol. The third-order valence-electron chi connectivity index (χ3n) is 2.22. The Morgan fingerprint density at radius 3 is 2.25 bits per heavy atom. The van der Waals surface area contributed by atoms with Gasteiger partial charge in [0, 0.05) is 10.6 Å². The summed E-state index contributed by atoms with van der Waals surface area (Å²) in [5.41, 5.74) is -2.30. The topological polar surface area (TPSA) is 23.8 Å². The first kappa shape index (κ1) is 12.9. The zero-order chi connectivity index (χ0) is 12.6. The molecule has 0 unspecified atom stereocenters. The van der Waals surface area contributed by atoms with E-state index in [1.807, 2.05) is 6.07 Å². The molecule has 1 aromatic rings. The average Bonchev–Trinajstić information content (AvgIpc) is 2.15. The summed E-state index contributed by atoms with van der Waals surface area (Å²) in [7, 11) is 0. The lowest BCUT2D eigenvalue weighted by molar-refractivity contribution is -0.138. The summed E-state index contributed by atoms with van der Waals surface area (Å²) in [6, 6.07) is 5.33. The van der Waals surface area contributed by atoms with Crippen molar-refractivity contribution in [2.45, 2.75) is 25.4 Å². The molecule has 0 spiro atoms. The predicted molar refractivity (Wildman–Crippen MR) is 55.1 cm³/mol. The zero-order valence-corrected chi connectivity index (χ0v) is 9.45. The quantitative estimate of drug-likeness (QED) is 0.731. The van der Waals surface area contributed by atoms with Crippen LogP contribution in [0.15, 0.2) is 18.2 Å². The number of nitrogens with zero attached hydrogens (tertiary/aromatic N) is 1. The number of nitriles is 1. The van der Waals surface area contributed by atoms with Crippen LogP contribution in [0.2, 0.25) is 5.02 Å². The van der Waals surface area contributed by atoms with Gasteiger partial charge in [-0.15, -0.1) is 0 Å². The van der Waals surface area contributed by atoms with Gasteiger partial charge in [-0.1, -0.05) is 17.7 Å². The number of benzene rings is 1. The van der Waals surface area contributed by atoms with Crippen molar-refractivity contribution in [3.05, 3.63) is 34.3 Å². The Bertz CT molecular complexity index is 444. The number of hydrogen-bond acceptors (Lipinski definition) is 1. The second kappa shape index (κ2) is 3.99. The maximum absolute atomic E-state index is 12.7. The second-order valence-corrected chi connectivity index (χ2v) is 4.30. The molecule has 0 radical (unpaired) electrons.